The molecule has 1 atom stereocenters. The van der Waals surface area contributed by atoms with Crippen LogP contribution in [0.15, 0.2) is 34.8 Å². The van der Waals surface area contributed by atoms with Crippen molar-refractivity contribution in [3.05, 3.63) is 34.8 Å². The third kappa shape index (κ3) is 6.91. The molecule has 0 saturated heterocycles. The van der Waals surface area contributed by atoms with Crippen molar-refractivity contribution in [1.82, 2.24) is 0 Å². The van der Waals surface area contributed by atoms with Gasteiger partial charge in [0.15, 0.2) is 0 Å². The Labute approximate surface area is 103 Å². The number of nitrogens with zero attached hydrogens (tertiary/aromatic N) is 1. The number of ketones is 1. The molecule has 84 valence electrons. The van der Waals surface area contributed by atoms with Gasteiger partial charge in [-0.1, -0.05) is 34.1 Å². The van der Waals surface area contributed by atoms with E-state index >= 15 is 0 Å². The molecule has 0 aliphatic carbocycles. The maximum atomic E-state index is 10.4. The Balaban J connectivity index is 0.000000288. The van der Waals surface area contributed by atoms with E-state index in [1.807, 2.05) is 30.3 Å². The second kappa shape index (κ2) is 8.81. The molecule has 0 spiro atoms. The molecule has 0 saturated carbocycles. The number of Topliss-reactive ketones (excluding diaryl/α,β-unsaturated/α-hetero) is 1. The van der Waals surface area contributed by atoms with Gasteiger partial charge in [0.25, 0.3) is 0 Å². The van der Waals surface area contributed by atoms with E-state index < -0.39 is 5.92 Å². The summed E-state index contributed by atoms with van der Waals surface area (Å²) >= 11 is 3.31. The lowest BCUT2D eigenvalue weighted by atomic mass is 10.0. The molecular weight excluding hydrogens is 270 g/mol. The molecule has 0 aliphatic heterocycles. The van der Waals surface area contributed by atoms with Gasteiger partial charge >= 0.3 is 0 Å². The van der Waals surface area contributed by atoms with Crippen LogP contribution >= 0.6 is 15.9 Å². The summed E-state index contributed by atoms with van der Waals surface area (Å²) in [4.78, 5) is 20.2. The molecule has 16 heavy (non-hydrogen) atoms. The van der Waals surface area contributed by atoms with Crippen molar-refractivity contribution in [2.75, 3.05) is 0 Å². The van der Waals surface area contributed by atoms with E-state index in [1.165, 1.54) is 6.92 Å². The van der Waals surface area contributed by atoms with Crippen molar-refractivity contribution in [2.24, 2.45) is 5.92 Å². The monoisotopic (exact) mass is 281 g/mol. The number of benzene rings is 1. The molecule has 4 heteroatoms. The van der Waals surface area contributed by atoms with Crippen molar-refractivity contribution < 1.29 is 9.59 Å². The number of carbonyl (C=O) groups excluding carboxylic acids is 2. The summed E-state index contributed by atoms with van der Waals surface area (Å²) in [7, 11) is 0. The average Bonchev–Trinajstić information content (AvgIpc) is 2.27. The highest BCUT2D eigenvalue weighted by molar-refractivity contribution is 9.10. The highest BCUT2D eigenvalue weighted by atomic mass is 79.9. The summed E-state index contributed by atoms with van der Waals surface area (Å²) in [5.41, 5.74) is 0. The first-order valence-electron chi connectivity index (χ1n) is 4.66. The van der Waals surface area contributed by atoms with Crippen LogP contribution in [-0.2, 0) is 9.59 Å². The van der Waals surface area contributed by atoms with Crippen LogP contribution in [-0.4, -0.2) is 12.1 Å². The number of nitriles is 1. The number of carbonyl (C=O) groups is 2. The normalized spacial score (nSPS) is 10.3. The summed E-state index contributed by atoms with van der Waals surface area (Å²) in [5.74, 6) is -0.980. The van der Waals surface area contributed by atoms with E-state index in [1.54, 1.807) is 6.07 Å². The molecule has 0 heterocycles. The van der Waals surface area contributed by atoms with Gasteiger partial charge in [-0.15, -0.1) is 0 Å². The SMILES string of the molecule is Brc1ccccc1.CC(=O)C(C#N)CC=O. The van der Waals surface area contributed by atoms with Crippen molar-refractivity contribution >= 4 is 28.0 Å². The maximum Gasteiger partial charge on any atom is 0.147 e. The fourth-order valence-corrected chi connectivity index (χ4v) is 1.13. The Kier molecular flexibility index (Phi) is 8.00. The van der Waals surface area contributed by atoms with Crippen molar-refractivity contribution in [3.8, 4) is 6.07 Å². The number of hydrogen-bond donors (Lipinski definition) is 0. The number of hydrogen-bond acceptors (Lipinski definition) is 3. The molecule has 1 rings (SSSR count). The van der Waals surface area contributed by atoms with Gasteiger partial charge in [0, 0.05) is 10.9 Å². The third-order valence-corrected chi connectivity index (χ3v) is 2.24. The van der Waals surface area contributed by atoms with Crippen LogP contribution in [0.3, 0.4) is 0 Å². The fraction of sp³-hybridized carbons (Fsp3) is 0.250. The van der Waals surface area contributed by atoms with E-state index in [2.05, 4.69) is 15.9 Å². The van der Waals surface area contributed by atoms with E-state index in [-0.39, 0.29) is 12.2 Å². The van der Waals surface area contributed by atoms with Crippen LogP contribution < -0.4 is 0 Å². The molecule has 0 bridgehead atoms. The van der Waals surface area contributed by atoms with Crippen LogP contribution in [0.2, 0.25) is 0 Å². The minimum Gasteiger partial charge on any atom is -0.303 e. The van der Waals surface area contributed by atoms with Crippen LogP contribution in [0.25, 0.3) is 0 Å². The smallest absolute Gasteiger partial charge is 0.147 e. The van der Waals surface area contributed by atoms with Gasteiger partial charge in [0.1, 0.15) is 18.0 Å². The molecule has 0 radical (unpaired) electrons. The molecule has 0 fully saturated rings. The molecule has 0 aromatic heterocycles. The minimum absolute atomic E-state index is 0.0197. The molecule has 1 unspecified atom stereocenters. The molecule has 0 aliphatic rings. The van der Waals surface area contributed by atoms with Crippen LogP contribution in [0.1, 0.15) is 13.3 Å². The molecular formula is C12H12BrNO2. The molecule has 1 aromatic carbocycles. The Morgan fingerprint density at radius 2 is 2.06 bits per heavy atom. The van der Waals surface area contributed by atoms with E-state index in [0.717, 1.165) is 4.47 Å². The second-order valence-electron chi connectivity index (χ2n) is 2.99. The zero-order valence-electron chi connectivity index (χ0n) is 8.89. The predicted octanol–water partition coefficient (Wildman–Crippen LogP) is 2.75. The lowest BCUT2D eigenvalue weighted by Crippen LogP contribution is -2.08. The Morgan fingerprint density at radius 1 is 1.50 bits per heavy atom. The lowest BCUT2D eigenvalue weighted by molar-refractivity contribution is -0.121. The third-order valence-electron chi connectivity index (χ3n) is 1.71. The van der Waals surface area contributed by atoms with Crippen molar-refractivity contribution in [1.29, 1.82) is 5.26 Å². The molecule has 0 N–H and O–H groups in total. The van der Waals surface area contributed by atoms with Gasteiger partial charge in [-0.05, 0) is 19.1 Å². The number of rotatable bonds is 3. The Bertz CT molecular complexity index is 370. The summed E-state index contributed by atoms with van der Waals surface area (Å²) in [6.45, 7) is 1.30. The summed E-state index contributed by atoms with van der Waals surface area (Å²) in [6, 6.07) is 11.7. The van der Waals surface area contributed by atoms with Crippen molar-refractivity contribution in [3.63, 3.8) is 0 Å². The first-order valence-corrected chi connectivity index (χ1v) is 5.45. The topological polar surface area (TPSA) is 57.9 Å². The summed E-state index contributed by atoms with van der Waals surface area (Å²) in [5, 5.41) is 8.20. The zero-order valence-corrected chi connectivity index (χ0v) is 10.5. The van der Waals surface area contributed by atoms with Gasteiger partial charge in [-0.25, -0.2) is 0 Å². The van der Waals surface area contributed by atoms with Crippen molar-refractivity contribution in [2.45, 2.75) is 13.3 Å². The number of aldehydes is 1. The van der Waals surface area contributed by atoms with Gasteiger partial charge in [0.2, 0.25) is 0 Å². The standard InChI is InChI=1S/C6H5Br.C6H7NO2/c7-6-4-2-1-3-5-6;1-5(9)6(4-7)2-3-8/h1-5H;3,6H,2H2,1H3. The first-order chi connectivity index (χ1) is 7.61. The minimum atomic E-state index is -0.734. The highest BCUT2D eigenvalue weighted by Gasteiger charge is 2.10. The fourth-order valence-electron chi connectivity index (χ4n) is 0.820. The largest absolute Gasteiger partial charge is 0.303 e. The van der Waals surface area contributed by atoms with E-state index in [0.29, 0.717) is 6.29 Å². The average molecular weight is 282 g/mol. The van der Waals surface area contributed by atoms with Crippen LogP contribution in [0, 0.1) is 17.2 Å². The summed E-state index contributed by atoms with van der Waals surface area (Å²) in [6.07, 6.45) is 0.598. The first kappa shape index (κ1) is 14.5. The number of halogens is 1. The van der Waals surface area contributed by atoms with E-state index in [9.17, 15) is 9.59 Å². The van der Waals surface area contributed by atoms with E-state index in [4.69, 9.17) is 5.26 Å². The zero-order chi connectivity index (χ0) is 12.4. The molecule has 0 amide bonds. The highest BCUT2D eigenvalue weighted by Crippen LogP contribution is 2.05. The maximum absolute atomic E-state index is 10.4. The van der Waals surface area contributed by atoms with Gasteiger partial charge in [-0.2, -0.15) is 5.26 Å². The Morgan fingerprint density at radius 3 is 2.25 bits per heavy atom. The second-order valence-corrected chi connectivity index (χ2v) is 3.91. The summed E-state index contributed by atoms with van der Waals surface area (Å²) < 4.78 is 1.13. The predicted molar refractivity (Wildman–Crippen MR) is 64.6 cm³/mol. The lowest BCUT2D eigenvalue weighted by Gasteiger charge is -1.94. The van der Waals surface area contributed by atoms with Gasteiger partial charge in [0.05, 0.1) is 6.07 Å². The molecule has 1 aromatic rings. The van der Waals surface area contributed by atoms with Gasteiger partial charge in [-0.3, -0.25) is 4.79 Å². The van der Waals surface area contributed by atoms with Crippen LogP contribution in [0.5, 0.6) is 0 Å². The van der Waals surface area contributed by atoms with Gasteiger partial charge < -0.3 is 4.79 Å². The quantitative estimate of drug-likeness (QED) is 0.801. The van der Waals surface area contributed by atoms with Crippen LogP contribution in [0.4, 0.5) is 0 Å². The Hall–Kier alpha value is -1.47. The molecule has 3 nitrogen and oxygen atoms in total.